The molecule has 1 saturated heterocycles. The first-order valence-electron chi connectivity index (χ1n) is 11.0. The van der Waals surface area contributed by atoms with Gasteiger partial charge in [0.15, 0.2) is 11.5 Å². The molecule has 2 heterocycles. The first-order chi connectivity index (χ1) is 17.9. The number of phenolic OH excluding ortho intramolecular Hbond substituents is 4. The molecule has 0 radical (unpaired) electrons. The van der Waals surface area contributed by atoms with Gasteiger partial charge in [0.2, 0.25) is 12.0 Å². The fourth-order valence-electron chi connectivity index (χ4n) is 3.76. The van der Waals surface area contributed by atoms with Gasteiger partial charge in [0.25, 0.3) is 0 Å². The van der Waals surface area contributed by atoms with Gasteiger partial charge in [0.1, 0.15) is 54.3 Å². The molecular formula is C24H23ClO14. The van der Waals surface area contributed by atoms with Crippen molar-refractivity contribution in [3.8, 4) is 40.1 Å². The number of esters is 1. The lowest BCUT2D eigenvalue weighted by Gasteiger charge is -2.39. The fraction of sp³-hybridized carbons (Fsp3) is 0.292. The van der Waals surface area contributed by atoms with E-state index in [1.54, 1.807) is 0 Å². The SMILES string of the molecule is O=C(O)CC(=O)OCC1OC(Oc2cc3c(O)cc(O)cc3[o+]c2-c2ccc(O)c(O)c2)C(O)C(O)C1O.[Cl-]. The quantitative estimate of drug-likeness (QED) is 0.0630. The first kappa shape index (κ1) is 29.5. The lowest BCUT2D eigenvalue weighted by molar-refractivity contribution is -0.278. The molecule has 0 aliphatic carbocycles. The van der Waals surface area contributed by atoms with Crippen molar-refractivity contribution in [3.63, 3.8) is 0 Å². The lowest BCUT2D eigenvalue weighted by atomic mass is 9.99. The van der Waals surface area contributed by atoms with E-state index in [0.29, 0.717) is 0 Å². The fourth-order valence-corrected chi connectivity index (χ4v) is 3.76. The smallest absolute Gasteiger partial charge is 0.402 e. The number of aliphatic hydroxyl groups excluding tert-OH is 3. The number of hydrogen-bond acceptors (Lipinski definition) is 12. The number of carbonyl (C=O) groups excluding carboxylic acids is 1. The first-order valence-corrected chi connectivity index (χ1v) is 11.0. The number of rotatable bonds is 7. The highest BCUT2D eigenvalue weighted by Crippen LogP contribution is 2.42. The lowest BCUT2D eigenvalue weighted by Crippen LogP contribution is -3.00. The van der Waals surface area contributed by atoms with Crippen LogP contribution >= 0.6 is 0 Å². The molecular weight excluding hydrogens is 548 g/mol. The van der Waals surface area contributed by atoms with Gasteiger partial charge in [-0.3, -0.25) is 9.59 Å². The number of carbonyl (C=O) groups is 2. The van der Waals surface area contributed by atoms with Crippen LogP contribution in [0.1, 0.15) is 6.42 Å². The number of benzene rings is 2. The second-order valence-corrected chi connectivity index (χ2v) is 8.41. The highest BCUT2D eigenvalue weighted by atomic mass is 35.5. The third kappa shape index (κ3) is 6.32. The molecule has 3 aromatic rings. The molecule has 210 valence electrons. The van der Waals surface area contributed by atoms with Crippen molar-refractivity contribution < 1.29 is 81.5 Å². The Bertz CT molecular complexity index is 1380. The van der Waals surface area contributed by atoms with E-state index in [-0.39, 0.29) is 46.2 Å². The van der Waals surface area contributed by atoms with Crippen LogP contribution in [0.5, 0.6) is 28.7 Å². The van der Waals surface area contributed by atoms with E-state index in [1.165, 1.54) is 18.2 Å². The Kier molecular flexibility index (Phi) is 8.88. The van der Waals surface area contributed by atoms with Crippen LogP contribution in [0.25, 0.3) is 22.3 Å². The predicted octanol–water partition coefficient (Wildman–Crippen LogP) is -2.59. The monoisotopic (exact) mass is 570 g/mol. The summed E-state index contributed by atoms with van der Waals surface area (Å²) in [5, 5.41) is 79.6. The molecule has 1 aromatic heterocycles. The summed E-state index contributed by atoms with van der Waals surface area (Å²) in [5.74, 6) is -4.59. The van der Waals surface area contributed by atoms with E-state index >= 15 is 0 Å². The molecule has 2 aromatic carbocycles. The summed E-state index contributed by atoms with van der Waals surface area (Å²) in [5.41, 5.74) is 0.131. The molecule has 39 heavy (non-hydrogen) atoms. The minimum absolute atomic E-state index is 0. The molecule has 0 saturated carbocycles. The molecule has 1 aliphatic rings. The third-order valence-corrected chi connectivity index (χ3v) is 5.67. The summed E-state index contributed by atoms with van der Waals surface area (Å²) < 4.78 is 21.8. The summed E-state index contributed by atoms with van der Waals surface area (Å²) in [4.78, 5) is 22.2. The van der Waals surface area contributed by atoms with Crippen molar-refractivity contribution in [2.75, 3.05) is 6.61 Å². The van der Waals surface area contributed by atoms with Gasteiger partial charge in [-0.05, 0) is 12.1 Å². The maximum Gasteiger partial charge on any atom is 0.402 e. The van der Waals surface area contributed by atoms with Crippen LogP contribution in [0.15, 0.2) is 40.8 Å². The van der Waals surface area contributed by atoms with Gasteiger partial charge in [-0.15, -0.1) is 0 Å². The number of halogens is 1. The van der Waals surface area contributed by atoms with E-state index < -0.39 is 72.9 Å². The zero-order valence-corrected chi connectivity index (χ0v) is 20.4. The molecule has 1 fully saturated rings. The van der Waals surface area contributed by atoms with Crippen LogP contribution in [0.4, 0.5) is 0 Å². The van der Waals surface area contributed by atoms with Crippen molar-refractivity contribution >= 4 is 22.9 Å². The minimum Gasteiger partial charge on any atom is -1.00 e. The van der Waals surface area contributed by atoms with E-state index in [1.807, 2.05) is 0 Å². The summed E-state index contributed by atoms with van der Waals surface area (Å²) in [6, 6.07) is 7.09. The number of ether oxygens (including phenoxy) is 3. The highest BCUT2D eigenvalue weighted by Gasteiger charge is 2.46. The van der Waals surface area contributed by atoms with Gasteiger partial charge in [-0.25, -0.2) is 4.42 Å². The Labute approximate surface area is 224 Å². The number of carboxylic acid groups (broad SMARTS) is 1. The van der Waals surface area contributed by atoms with Gasteiger partial charge < -0.3 is 67.5 Å². The van der Waals surface area contributed by atoms with Crippen molar-refractivity contribution in [2.24, 2.45) is 0 Å². The Hall–Kier alpha value is -4.08. The predicted molar refractivity (Wildman–Crippen MR) is 123 cm³/mol. The van der Waals surface area contributed by atoms with Crippen molar-refractivity contribution in [2.45, 2.75) is 37.1 Å². The minimum atomic E-state index is -1.85. The second kappa shape index (κ2) is 11.8. The van der Waals surface area contributed by atoms with Crippen molar-refractivity contribution in [3.05, 3.63) is 36.4 Å². The Morgan fingerprint density at radius 1 is 0.897 bits per heavy atom. The number of aliphatic hydroxyl groups is 3. The van der Waals surface area contributed by atoms with Gasteiger partial charge in [-0.2, -0.15) is 0 Å². The van der Waals surface area contributed by atoms with Crippen LogP contribution in [-0.2, 0) is 19.1 Å². The molecule has 0 amide bonds. The average molecular weight is 571 g/mol. The normalized spacial score (nSPS) is 22.6. The topological polar surface area (TPSA) is 235 Å². The zero-order valence-electron chi connectivity index (χ0n) is 19.7. The molecule has 8 N–H and O–H groups in total. The highest BCUT2D eigenvalue weighted by molar-refractivity contribution is 5.90. The van der Waals surface area contributed by atoms with Gasteiger partial charge in [0.05, 0.1) is 11.6 Å². The molecule has 0 bridgehead atoms. The molecule has 4 rings (SSSR count). The largest absolute Gasteiger partial charge is 1.00 e. The number of aromatic hydroxyl groups is 4. The van der Waals surface area contributed by atoms with Crippen LogP contribution < -0.4 is 17.1 Å². The van der Waals surface area contributed by atoms with E-state index in [4.69, 9.17) is 23.7 Å². The molecule has 14 nitrogen and oxygen atoms in total. The average Bonchev–Trinajstić information content (AvgIpc) is 2.84. The van der Waals surface area contributed by atoms with Gasteiger partial charge in [0, 0.05) is 18.2 Å². The maximum atomic E-state index is 11.6. The van der Waals surface area contributed by atoms with E-state index in [2.05, 4.69) is 0 Å². The van der Waals surface area contributed by atoms with Crippen molar-refractivity contribution in [1.82, 2.24) is 0 Å². The van der Waals surface area contributed by atoms with Crippen LogP contribution in [-0.4, -0.2) is 90.1 Å². The summed E-state index contributed by atoms with van der Waals surface area (Å²) in [6.07, 6.45) is -9.55. The number of carboxylic acids is 1. The Balaban J connectivity index is 0.00000420. The molecule has 1 aliphatic heterocycles. The second-order valence-electron chi connectivity index (χ2n) is 8.41. The number of fused-ring (bicyclic) bond motifs is 1. The maximum absolute atomic E-state index is 11.6. The van der Waals surface area contributed by atoms with Crippen LogP contribution in [0.2, 0.25) is 0 Å². The van der Waals surface area contributed by atoms with E-state index in [9.17, 15) is 45.3 Å². The standard InChI is InChI=1S/C24H22O14.ClH/c25-10-4-13(27)11-6-16(23(36-15(11)5-10)9-1-2-12(26)14(28)3-9)37-24-22(34)21(33)20(32)17(38-24)8-35-19(31)7-18(29)30;/h1-6,17,20-22,24,32-34H,7-8H2,(H4-,25,26,27,28,29,30);1H. The van der Waals surface area contributed by atoms with Gasteiger partial charge in [-0.1, -0.05) is 0 Å². The molecule has 5 atom stereocenters. The Morgan fingerprint density at radius 2 is 1.62 bits per heavy atom. The zero-order chi connectivity index (χ0) is 27.7. The van der Waals surface area contributed by atoms with Crippen LogP contribution in [0, 0.1) is 0 Å². The Morgan fingerprint density at radius 3 is 2.28 bits per heavy atom. The molecule has 5 unspecified atom stereocenters. The summed E-state index contributed by atoms with van der Waals surface area (Å²) in [6.45, 7) is -0.683. The molecule has 0 spiro atoms. The summed E-state index contributed by atoms with van der Waals surface area (Å²) in [7, 11) is 0. The van der Waals surface area contributed by atoms with Gasteiger partial charge >= 0.3 is 23.3 Å². The summed E-state index contributed by atoms with van der Waals surface area (Å²) >= 11 is 0. The van der Waals surface area contributed by atoms with E-state index in [0.717, 1.165) is 18.2 Å². The number of phenols is 4. The third-order valence-electron chi connectivity index (χ3n) is 5.67. The molecule has 15 heteroatoms. The number of hydrogen-bond donors (Lipinski definition) is 8. The number of aliphatic carboxylic acids is 1. The van der Waals surface area contributed by atoms with Crippen LogP contribution in [0.3, 0.4) is 0 Å². The van der Waals surface area contributed by atoms with Crippen molar-refractivity contribution in [1.29, 1.82) is 0 Å².